The third-order valence-corrected chi connectivity index (χ3v) is 4.17. The number of ether oxygens (including phenoxy) is 1. The van der Waals surface area contributed by atoms with Crippen LogP contribution in [0.4, 0.5) is 4.39 Å². The molecule has 0 atom stereocenters. The molecule has 2 rings (SSSR count). The topological polar surface area (TPSA) is 67.2 Å². The van der Waals surface area contributed by atoms with Gasteiger partial charge in [0.25, 0.3) is 0 Å². The highest BCUT2D eigenvalue weighted by molar-refractivity contribution is 5.99. The molecule has 0 aliphatic rings. The van der Waals surface area contributed by atoms with E-state index in [9.17, 15) is 14.0 Å². The van der Waals surface area contributed by atoms with Crippen LogP contribution in [0.5, 0.6) is 0 Å². The monoisotopic (exact) mass is 325 g/mol. The van der Waals surface area contributed by atoms with Crippen LogP contribution in [0, 0.1) is 31.0 Å². The molecule has 0 aliphatic heterocycles. The summed E-state index contributed by atoms with van der Waals surface area (Å²) < 4.78 is 18.5. The molecule has 5 heteroatoms. The predicted octanol–water partition coefficient (Wildman–Crippen LogP) is 3.50. The molecule has 0 aliphatic carbocycles. The van der Waals surface area contributed by atoms with E-state index in [1.165, 1.54) is 19.2 Å². The van der Waals surface area contributed by atoms with Crippen molar-refractivity contribution in [1.82, 2.24) is 0 Å². The van der Waals surface area contributed by atoms with Crippen molar-refractivity contribution < 1.29 is 18.7 Å². The Labute approximate surface area is 139 Å². The Morgan fingerprint density at radius 2 is 2.00 bits per heavy atom. The SMILES string of the molecule is COC(=O)c1cc(Cc2cccc(F)c2C#N)c(C)c(C)c1C=O. The molecule has 0 amide bonds. The highest BCUT2D eigenvalue weighted by Gasteiger charge is 2.19. The number of carbonyl (C=O) groups excluding carboxylic acids is 2. The van der Waals surface area contributed by atoms with Crippen LogP contribution in [-0.4, -0.2) is 19.4 Å². The zero-order chi connectivity index (χ0) is 17.9. The van der Waals surface area contributed by atoms with Crippen LogP contribution in [0.3, 0.4) is 0 Å². The first-order chi connectivity index (χ1) is 11.4. The molecule has 24 heavy (non-hydrogen) atoms. The first kappa shape index (κ1) is 17.4. The first-order valence-electron chi connectivity index (χ1n) is 7.28. The molecule has 0 unspecified atom stereocenters. The summed E-state index contributed by atoms with van der Waals surface area (Å²) in [4.78, 5) is 23.3. The zero-order valence-corrected chi connectivity index (χ0v) is 13.6. The molecule has 0 saturated heterocycles. The number of nitrogens with zero attached hydrogens (tertiary/aromatic N) is 1. The van der Waals surface area contributed by atoms with Gasteiger partial charge in [-0.15, -0.1) is 0 Å². The lowest BCUT2D eigenvalue weighted by Gasteiger charge is -2.15. The first-order valence-corrected chi connectivity index (χ1v) is 7.28. The fraction of sp³-hybridized carbons (Fsp3) is 0.211. The minimum Gasteiger partial charge on any atom is -0.465 e. The standard InChI is InChI=1S/C19H16FNO3/c1-11-12(2)17(10-22)15(19(23)24-3)8-14(11)7-13-5-4-6-18(20)16(13)9-21/h4-6,8,10H,7H2,1-3H3. The quantitative estimate of drug-likeness (QED) is 0.637. The van der Waals surface area contributed by atoms with E-state index < -0.39 is 11.8 Å². The Morgan fingerprint density at radius 3 is 2.58 bits per heavy atom. The molecule has 0 heterocycles. The van der Waals surface area contributed by atoms with Gasteiger partial charge in [-0.1, -0.05) is 12.1 Å². The van der Waals surface area contributed by atoms with Crippen molar-refractivity contribution in [1.29, 1.82) is 5.26 Å². The largest absolute Gasteiger partial charge is 0.465 e. The van der Waals surface area contributed by atoms with Gasteiger partial charge < -0.3 is 4.74 Å². The third kappa shape index (κ3) is 3.04. The lowest BCUT2D eigenvalue weighted by atomic mass is 9.89. The van der Waals surface area contributed by atoms with Crippen molar-refractivity contribution in [3.63, 3.8) is 0 Å². The van der Waals surface area contributed by atoms with Crippen LogP contribution in [0.15, 0.2) is 24.3 Å². The van der Waals surface area contributed by atoms with Crippen LogP contribution < -0.4 is 0 Å². The van der Waals surface area contributed by atoms with E-state index in [4.69, 9.17) is 10.00 Å². The van der Waals surface area contributed by atoms with Crippen LogP contribution in [0.2, 0.25) is 0 Å². The summed E-state index contributed by atoms with van der Waals surface area (Å²) in [5.41, 5.74) is 3.17. The van der Waals surface area contributed by atoms with Gasteiger partial charge >= 0.3 is 5.97 Å². The van der Waals surface area contributed by atoms with Gasteiger partial charge in [0.1, 0.15) is 11.9 Å². The molecular weight excluding hydrogens is 309 g/mol. The van der Waals surface area contributed by atoms with Crippen LogP contribution in [0.25, 0.3) is 0 Å². The second kappa shape index (κ2) is 7.05. The summed E-state index contributed by atoms with van der Waals surface area (Å²) in [5.74, 6) is -1.19. The molecule has 2 aromatic rings. The van der Waals surface area contributed by atoms with E-state index in [-0.39, 0.29) is 23.1 Å². The zero-order valence-electron chi connectivity index (χ0n) is 13.6. The van der Waals surface area contributed by atoms with Crippen LogP contribution in [0.1, 0.15) is 48.5 Å². The van der Waals surface area contributed by atoms with Crippen molar-refractivity contribution in [2.24, 2.45) is 0 Å². The average Bonchev–Trinajstić information content (AvgIpc) is 2.58. The summed E-state index contributed by atoms with van der Waals surface area (Å²) in [6.07, 6.45) is 0.901. The summed E-state index contributed by atoms with van der Waals surface area (Å²) in [6.45, 7) is 3.57. The fourth-order valence-corrected chi connectivity index (χ4v) is 2.67. The van der Waals surface area contributed by atoms with Crippen molar-refractivity contribution in [3.8, 4) is 6.07 Å². The highest BCUT2D eigenvalue weighted by Crippen LogP contribution is 2.25. The number of benzene rings is 2. The molecule has 0 aromatic heterocycles. The maximum atomic E-state index is 13.8. The Morgan fingerprint density at radius 1 is 1.29 bits per heavy atom. The molecule has 4 nitrogen and oxygen atoms in total. The molecule has 0 spiro atoms. The Hall–Kier alpha value is -3.00. The molecule has 0 saturated carbocycles. The number of nitriles is 1. The number of esters is 1. The Bertz CT molecular complexity index is 866. The van der Waals surface area contributed by atoms with Crippen molar-refractivity contribution in [3.05, 3.63) is 69.0 Å². The van der Waals surface area contributed by atoms with Gasteiger partial charge in [-0.3, -0.25) is 4.79 Å². The average molecular weight is 325 g/mol. The van der Waals surface area contributed by atoms with E-state index in [0.29, 0.717) is 17.4 Å². The van der Waals surface area contributed by atoms with Crippen molar-refractivity contribution >= 4 is 12.3 Å². The molecule has 0 N–H and O–H groups in total. The Balaban J connectivity index is 2.62. The van der Waals surface area contributed by atoms with E-state index in [2.05, 4.69) is 0 Å². The second-order valence-corrected chi connectivity index (χ2v) is 5.42. The van der Waals surface area contributed by atoms with Gasteiger partial charge in [0.05, 0.1) is 18.2 Å². The summed E-state index contributed by atoms with van der Waals surface area (Å²) >= 11 is 0. The molecule has 0 bridgehead atoms. The third-order valence-electron chi connectivity index (χ3n) is 4.17. The maximum Gasteiger partial charge on any atom is 0.338 e. The van der Waals surface area contributed by atoms with Crippen molar-refractivity contribution in [2.45, 2.75) is 20.3 Å². The smallest absolute Gasteiger partial charge is 0.338 e. The number of halogens is 1. The lowest BCUT2D eigenvalue weighted by molar-refractivity contribution is 0.0598. The van der Waals surface area contributed by atoms with Gasteiger partial charge in [-0.2, -0.15) is 5.26 Å². The van der Waals surface area contributed by atoms with Gasteiger partial charge in [0.2, 0.25) is 0 Å². The highest BCUT2D eigenvalue weighted by atomic mass is 19.1. The predicted molar refractivity (Wildman–Crippen MR) is 86.6 cm³/mol. The molecule has 0 fully saturated rings. The molecule has 0 radical (unpaired) electrons. The number of hydrogen-bond acceptors (Lipinski definition) is 4. The number of methoxy groups -OCH3 is 1. The summed E-state index contributed by atoms with van der Waals surface area (Å²) in [5, 5.41) is 9.15. The summed E-state index contributed by atoms with van der Waals surface area (Å²) in [7, 11) is 1.24. The Kier molecular flexibility index (Phi) is 5.10. The van der Waals surface area contributed by atoms with Crippen LogP contribution >= 0.6 is 0 Å². The number of rotatable bonds is 4. The minimum atomic E-state index is -0.610. The van der Waals surface area contributed by atoms with E-state index in [1.54, 1.807) is 19.1 Å². The number of aldehydes is 1. The van der Waals surface area contributed by atoms with E-state index in [0.717, 1.165) is 11.1 Å². The summed E-state index contributed by atoms with van der Waals surface area (Å²) in [6, 6.07) is 7.88. The minimum absolute atomic E-state index is 0.0198. The second-order valence-electron chi connectivity index (χ2n) is 5.42. The van der Waals surface area contributed by atoms with Gasteiger partial charge in [0, 0.05) is 5.56 Å². The normalized spacial score (nSPS) is 10.1. The van der Waals surface area contributed by atoms with Crippen LogP contribution in [-0.2, 0) is 11.2 Å². The lowest BCUT2D eigenvalue weighted by Crippen LogP contribution is -2.10. The number of carbonyl (C=O) groups is 2. The van der Waals surface area contributed by atoms with Crippen molar-refractivity contribution in [2.75, 3.05) is 7.11 Å². The maximum absolute atomic E-state index is 13.8. The number of hydrogen-bond donors (Lipinski definition) is 0. The molecular formula is C19H16FNO3. The molecule has 122 valence electrons. The van der Waals surface area contributed by atoms with E-state index in [1.807, 2.05) is 13.0 Å². The van der Waals surface area contributed by atoms with E-state index >= 15 is 0 Å². The molecule has 2 aromatic carbocycles. The van der Waals surface area contributed by atoms with Gasteiger partial charge in [-0.05, 0) is 54.7 Å². The van der Waals surface area contributed by atoms with Gasteiger partial charge in [-0.25, -0.2) is 9.18 Å². The van der Waals surface area contributed by atoms with Gasteiger partial charge in [0.15, 0.2) is 6.29 Å². The fourth-order valence-electron chi connectivity index (χ4n) is 2.67.